The van der Waals surface area contributed by atoms with E-state index in [1.54, 1.807) is 0 Å². The van der Waals surface area contributed by atoms with Gasteiger partial charge in [0, 0.05) is 19.3 Å². The zero-order chi connectivity index (χ0) is 23.4. The number of nitrogens with one attached hydrogen (secondary N) is 2. The van der Waals surface area contributed by atoms with Gasteiger partial charge in [0.25, 0.3) is 0 Å². The van der Waals surface area contributed by atoms with Crippen LogP contribution >= 0.6 is 0 Å². The maximum absolute atomic E-state index is 11.9. The number of hydrogen-bond donors (Lipinski definition) is 4. The van der Waals surface area contributed by atoms with Gasteiger partial charge in [-0.3, -0.25) is 9.59 Å². The zero-order valence-electron chi connectivity index (χ0n) is 19.2. The minimum absolute atomic E-state index is 0.0257. The Morgan fingerprint density at radius 3 is 1.84 bits per heavy atom. The van der Waals surface area contributed by atoms with Crippen molar-refractivity contribution in [3.63, 3.8) is 0 Å². The van der Waals surface area contributed by atoms with Crippen molar-refractivity contribution in [2.24, 2.45) is 5.73 Å². The topological polar surface area (TPSA) is 164 Å². The van der Waals surface area contributed by atoms with Gasteiger partial charge in [0.2, 0.25) is 11.8 Å². The van der Waals surface area contributed by atoms with Gasteiger partial charge in [0.05, 0.1) is 0 Å². The van der Waals surface area contributed by atoms with E-state index in [1.807, 2.05) is 0 Å². The van der Waals surface area contributed by atoms with E-state index in [9.17, 15) is 14.4 Å². The van der Waals surface area contributed by atoms with Gasteiger partial charge in [0.15, 0.2) is 5.82 Å². The van der Waals surface area contributed by atoms with Crippen LogP contribution in [0.2, 0.25) is 0 Å². The molecule has 0 saturated carbocycles. The summed E-state index contributed by atoms with van der Waals surface area (Å²) in [6.45, 7) is 0. The molecule has 5 N–H and O–H groups in total. The highest BCUT2D eigenvalue weighted by molar-refractivity contribution is 5.84. The smallest absolute Gasteiger partial charge is 0.326 e. The number of tetrazole rings is 1. The number of rotatable bonds is 21. The fourth-order valence-electron chi connectivity index (χ4n) is 3.61. The van der Waals surface area contributed by atoms with Crippen molar-refractivity contribution in [2.75, 3.05) is 0 Å². The maximum Gasteiger partial charge on any atom is 0.326 e. The van der Waals surface area contributed by atoms with E-state index in [2.05, 4.69) is 25.9 Å². The van der Waals surface area contributed by atoms with E-state index in [0.29, 0.717) is 6.42 Å². The molecule has 2 amide bonds. The standard InChI is InChI=1S/C22H40N6O4/c23-19(29)17-16-18(22(31)32)24-21(30)15-13-11-9-7-5-3-1-2-4-6-8-10-12-14-20-25-27-28-26-20/h18H,1-17H2,(H2,23,29)(H,24,30)(H,31,32)(H,25,26,27,28)/t18-/m0/s1. The summed E-state index contributed by atoms with van der Waals surface area (Å²) in [7, 11) is 0. The molecule has 0 fully saturated rings. The number of nitrogens with zero attached hydrogens (tertiary/aromatic N) is 3. The summed E-state index contributed by atoms with van der Waals surface area (Å²) < 4.78 is 0. The van der Waals surface area contributed by atoms with Crippen molar-refractivity contribution < 1.29 is 19.5 Å². The first-order valence-corrected chi connectivity index (χ1v) is 12.0. The average Bonchev–Trinajstić information content (AvgIpc) is 3.27. The van der Waals surface area contributed by atoms with E-state index < -0.39 is 17.9 Å². The van der Waals surface area contributed by atoms with Gasteiger partial charge in [-0.2, -0.15) is 5.21 Å². The third-order valence-electron chi connectivity index (χ3n) is 5.51. The molecule has 0 spiro atoms. The normalized spacial score (nSPS) is 11.9. The number of aromatic amines is 1. The molecule has 0 saturated heterocycles. The molecule has 182 valence electrons. The van der Waals surface area contributed by atoms with Crippen molar-refractivity contribution in [3.8, 4) is 0 Å². The molecule has 32 heavy (non-hydrogen) atoms. The van der Waals surface area contributed by atoms with Crippen molar-refractivity contribution in [3.05, 3.63) is 5.82 Å². The van der Waals surface area contributed by atoms with E-state index in [4.69, 9.17) is 10.8 Å². The van der Waals surface area contributed by atoms with E-state index in [0.717, 1.165) is 37.9 Å². The van der Waals surface area contributed by atoms with Crippen molar-refractivity contribution in [2.45, 2.75) is 115 Å². The van der Waals surface area contributed by atoms with Gasteiger partial charge in [0.1, 0.15) is 6.04 Å². The predicted octanol–water partition coefficient (Wildman–Crippen LogP) is 3.04. The van der Waals surface area contributed by atoms with Crippen molar-refractivity contribution in [1.82, 2.24) is 25.9 Å². The predicted molar refractivity (Wildman–Crippen MR) is 121 cm³/mol. The third kappa shape index (κ3) is 15.3. The molecule has 10 heteroatoms. The fourth-order valence-corrected chi connectivity index (χ4v) is 3.61. The number of nitrogens with two attached hydrogens (primary N) is 1. The van der Waals surface area contributed by atoms with Crippen LogP contribution in [0.3, 0.4) is 0 Å². The SMILES string of the molecule is NC(=O)CC[C@H](NC(=O)CCCCCCCCCCCCCCCc1nn[nH]n1)C(=O)O. The lowest BCUT2D eigenvalue weighted by Crippen LogP contribution is -2.41. The van der Waals surface area contributed by atoms with Gasteiger partial charge in [-0.05, 0) is 19.3 Å². The van der Waals surface area contributed by atoms with Crippen LogP contribution in [-0.4, -0.2) is 49.6 Å². The van der Waals surface area contributed by atoms with Gasteiger partial charge in [-0.25, -0.2) is 4.79 Å². The lowest BCUT2D eigenvalue weighted by molar-refractivity contribution is -0.142. The summed E-state index contributed by atoms with van der Waals surface area (Å²) in [6, 6.07) is -1.05. The monoisotopic (exact) mass is 452 g/mol. The Labute approximate surface area is 190 Å². The molecule has 1 aromatic rings. The summed E-state index contributed by atoms with van der Waals surface area (Å²) in [4.78, 5) is 33.8. The lowest BCUT2D eigenvalue weighted by atomic mass is 10.0. The zero-order valence-corrected chi connectivity index (χ0v) is 19.2. The summed E-state index contributed by atoms with van der Waals surface area (Å²) in [5.41, 5.74) is 5.03. The fraction of sp³-hybridized carbons (Fsp3) is 0.818. The molecule has 0 aliphatic carbocycles. The Bertz CT molecular complexity index is 638. The Morgan fingerprint density at radius 1 is 0.844 bits per heavy atom. The number of aliphatic carboxylic acids is 1. The molecule has 0 aliphatic rings. The number of hydrogen-bond acceptors (Lipinski definition) is 6. The molecule has 1 aromatic heterocycles. The molecule has 0 aliphatic heterocycles. The Morgan fingerprint density at radius 2 is 1.38 bits per heavy atom. The third-order valence-corrected chi connectivity index (χ3v) is 5.51. The molecule has 1 atom stereocenters. The Kier molecular flexibility index (Phi) is 15.6. The minimum atomic E-state index is -1.14. The highest BCUT2D eigenvalue weighted by Crippen LogP contribution is 2.13. The van der Waals surface area contributed by atoms with Crippen molar-refractivity contribution >= 4 is 17.8 Å². The lowest BCUT2D eigenvalue weighted by Gasteiger charge is -2.13. The van der Waals surface area contributed by atoms with Gasteiger partial charge < -0.3 is 16.2 Å². The molecule has 0 unspecified atom stereocenters. The number of H-pyrrole nitrogens is 1. The number of amides is 2. The number of carbonyl (C=O) groups excluding carboxylic acids is 2. The van der Waals surface area contributed by atoms with Crippen LogP contribution < -0.4 is 11.1 Å². The molecule has 0 radical (unpaired) electrons. The van der Waals surface area contributed by atoms with Crippen LogP contribution in [0.15, 0.2) is 0 Å². The first kappa shape index (κ1) is 27.5. The van der Waals surface area contributed by atoms with Gasteiger partial charge in [-0.15, -0.1) is 10.2 Å². The van der Waals surface area contributed by atoms with Crippen LogP contribution in [0, 0.1) is 0 Å². The molecular formula is C22H40N6O4. The van der Waals surface area contributed by atoms with Crippen LogP contribution in [0.25, 0.3) is 0 Å². The van der Waals surface area contributed by atoms with Crippen LogP contribution in [0.1, 0.15) is 109 Å². The second-order valence-electron chi connectivity index (χ2n) is 8.39. The molecule has 1 heterocycles. The largest absolute Gasteiger partial charge is 0.480 e. The highest BCUT2D eigenvalue weighted by atomic mass is 16.4. The maximum atomic E-state index is 11.9. The number of aryl methyl sites for hydroxylation is 1. The first-order chi connectivity index (χ1) is 15.5. The van der Waals surface area contributed by atoms with E-state index in [-0.39, 0.29) is 18.7 Å². The number of carboxylic acid groups (broad SMARTS) is 1. The van der Waals surface area contributed by atoms with Crippen LogP contribution in [-0.2, 0) is 20.8 Å². The molecular weight excluding hydrogens is 412 g/mol. The van der Waals surface area contributed by atoms with Crippen LogP contribution in [0.5, 0.6) is 0 Å². The van der Waals surface area contributed by atoms with Crippen molar-refractivity contribution in [1.29, 1.82) is 0 Å². The van der Waals surface area contributed by atoms with Gasteiger partial charge >= 0.3 is 5.97 Å². The molecule has 0 bridgehead atoms. The molecule has 10 nitrogen and oxygen atoms in total. The summed E-state index contributed by atoms with van der Waals surface area (Å²) >= 11 is 0. The minimum Gasteiger partial charge on any atom is -0.480 e. The highest BCUT2D eigenvalue weighted by Gasteiger charge is 2.20. The quantitative estimate of drug-likeness (QED) is 0.208. The second kappa shape index (κ2) is 18.1. The second-order valence-corrected chi connectivity index (χ2v) is 8.39. The van der Waals surface area contributed by atoms with E-state index in [1.165, 1.54) is 57.8 Å². The Balaban J connectivity index is 1.84. The summed E-state index contributed by atoms with van der Waals surface area (Å²) in [6.07, 6.45) is 16.4. The number of aromatic nitrogens is 4. The Hall–Kier alpha value is -2.52. The molecule has 1 rings (SSSR count). The first-order valence-electron chi connectivity index (χ1n) is 12.0. The molecule has 0 aromatic carbocycles. The summed E-state index contributed by atoms with van der Waals surface area (Å²) in [5.74, 6) is -1.19. The average molecular weight is 453 g/mol. The van der Waals surface area contributed by atoms with Gasteiger partial charge in [-0.1, -0.05) is 75.8 Å². The number of unbranched alkanes of at least 4 members (excludes halogenated alkanes) is 12. The summed E-state index contributed by atoms with van der Waals surface area (Å²) in [5, 5.41) is 25.5. The number of primary amides is 1. The van der Waals surface area contributed by atoms with Crippen LogP contribution in [0.4, 0.5) is 0 Å². The number of carboxylic acids is 1. The number of carbonyl (C=O) groups is 3. The van der Waals surface area contributed by atoms with E-state index >= 15 is 0 Å².